The molecular formula is C16H20NS2+. The van der Waals surface area contributed by atoms with Gasteiger partial charge in [0, 0.05) is 21.7 Å². The van der Waals surface area contributed by atoms with Crippen LogP contribution in [-0.4, -0.2) is 31.7 Å². The maximum absolute atomic E-state index is 2.35. The summed E-state index contributed by atoms with van der Waals surface area (Å²) in [5.74, 6) is 0. The third kappa shape index (κ3) is 2.83. The van der Waals surface area contributed by atoms with E-state index in [2.05, 4.69) is 49.1 Å². The van der Waals surface area contributed by atoms with Crippen molar-refractivity contribution in [3.8, 4) is 0 Å². The van der Waals surface area contributed by atoms with E-state index in [1.54, 1.807) is 5.57 Å². The van der Waals surface area contributed by atoms with Gasteiger partial charge in [0.1, 0.15) is 6.54 Å². The van der Waals surface area contributed by atoms with E-state index >= 15 is 0 Å². The van der Waals surface area contributed by atoms with Crippen molar-refractivity contribution in [1.29, 1.82) is 0 Å². The third-order valence-electron chi connectivity index (χ3n) is 3.75. The monoisotopic (exact) mass is 290 g/mol. The Bertz CT molecular complexity index is 526. The molecule has 3 rings (SSSR count). The number of thiophene rings is 2. The minimum atomic E-state index is 1.12. The van der Waals surface area contributed by atoms with Gasteiger partial charge < -0.3 is 4.48 Å². The van der Waals surface area contributed by atoms with Crippen molar-refractivity contribution < 1.29 is 4.48 Å². The lowest BCUT2D eigenvalue weighted by molar-refractivity contribution is -0.889. The summed E-state index contributed by atoms with van der Waals surface area (Å²) in [6.07, 6.45) is 2.56. The number of likely N-dealkylation sites (N-methyl/N-ethyl adjacent to an activating group) is 1. The molecule has 1 aliphatic heterocycles. The molecule has 0 atom stereocenters. The molecule has 3 heterocycles. The molecule has 1 aliphatic rings. The summed E-state index contributed by atoms with van der Waals surface area (Å²) in [5, 5.41) is 4.37. The van der Waals surface area contributed by atoms with Gasteiger partial charge in [0.15, 0.2) is 0 Å². The molecule has 1 nitrogen and oxygen atoms in total. The van der Waals surface area contributed by atoms with E-state index in [1.807, 2.05) is 22.7 Å². The standard InChI is InChI=1S/C16H20NS2/c1-17(2)9-3-6-13(12-17)16(14-7-4-10-18-14)15-8-5-11-19-15/h4-5,7-8,10-11H,3,6,9,12H2,1-2H3/q+1. The number of rotatable bonds is 2. The Morgan fingerprint density at radius 2 is 1.68 bits per heavy atom. The van der Waals surface area contributed by atoms with Crippen LogP contribution in [0, 0.1) is 0 Å². The Morgan fingerprint density at radius 1 is 1.05 bits per heavy atom. The number of hydrogen-bond donors (Lipinski definition) is 0. The van der Waals surface area contributed by atoms with Gasteiger partial charge in [-0.25, -0.2) is 0 Å². The van der Waals surface area contributed by atoms with Crippen LogP contribution in [-0.2, 0) is 0 Å². The van der Waals surface area contributed by atoms with Gasteiger partial charge >= 0.3 is 0 Å². The second-order valence-corrected chi connectivity index (χ2v) is 7.75. The van der Waals surface area contributed by atoms with Gasteiger partial charge in [-0.05, 0) is 34.9 Å². The van der Waals surface area contributed by atoms with Gasteiger partial charge in [0.25, 0.3) is 0 Å². The van der Waals surface area contributed by atoms with Crippen molar-refractivity contribution in [3.05, 3.63) is 50.4 Å². The average molecular weight is 290 g/mol. The number of piperidine rings is 1. The maximum Gasteiger partial charge on any atom is 0.101 e. The number of nitrogens with zero attached hydrogens (tertiary/aromatic N) is 1. The Morgan fingerprint density at radius 3 is 2.16 bits per heavy atom. The van der Waals surface area contributed by atoms with Crippen LogP contribution in [0.15, 0.2) is 40.6 Å². The van der Waals surface area contributed by atoms with Crippen molar-refractivity contribution in [2.45, 2.75) is 12.8 Å². The van der Waals surface area contributed by atoms with Crippen LogP contribution in [0.3, 0.4) is 0 Å². The van der Waals surface area contributed by atoms with Gasteiger partial charge in [-0.3, -0.25) is 0 Å². The first-order valence-electron chi connectivity index (χ1n) is 6.77. The summed E-state index contributed by atoms with van der Waals surface area (Å²) in [6.45, 7) is 2.48. The second-order valence-electron chi connectivity index (χ2n) is 5.85. The molecule has 1 saturated heterocycles. The molecule has 2 aromatic rings. The molecule has 0 amide bonds. The predicted molar refractivity (Wildman–Crippen MR) is 85.7 cm³/mol. The normalized spacial score (nSPS) is 18.5. The quantitative estimate of drug-likeness (QED) is 0.715. The van der Waals surface area contributed by atoms with Crippen molar-refractivity contribution >= 4 is 28.2 Å². The largest absolute Gasteiger partial charge is 0.325 e. The van der Waals surface area contributed by atoms with E-state index in [9.17, 15) is 0 Å². The van der Waals surface area contributed by atoms with Gasteiger partial charge in [0.2, 0.25) is 0 Å². The minimum absolute atomic E-state index is 1.12. The highest BCUT2D eigenvalue weighted by atomic mass is 32.1. The smallest absolute Gasteiger partial charge is 0.101 e. The fraction of sp³-hybridized carbons (Fsp3) is 0.375. The van der Waals surface area contributed by atoms with Crippen LogP contribution in [0.5, 0.6) is 0 Å². The topological polar surface area (TPSA) is 0 Å². The lowest BCUT2D eigenvalue weighted by atomic mass is 9.96. The van der Waals surface area contributed by atoms with Gasteiger partial charge in [0.05, 0.1) is 20.6 Å². The van der Waals surface area contributed by atoms with Crippen LogP contribution < -0.4 is 0 Å². The second kappa shape index (κ2) is 5.23. The molecule has 0 aromatic carbocycles. The van der Waals surface area contributed by atoms with E-state index in [0.29, 0.717) is 0 Å². The highest BCUT2D eigenvalue weighted by Gasteiger charge is 2.26. The predicted octanol–water partition coefficient (Wildman–Crippen LogP) is 4.48. The van der Waals surface area contributed by atoms with E-state index in [4.69, 9.17) is 0 Å². The van der Waals surface area contributed by atoms with Crippen molar-refractivity contribution in [3.63, 3.8) is 0 Å². The lowest BCUT2D eigenvalue weighted by Gasteiger charge is -2.35. The zero-order valence-electron chi connectivity index (χ0n) is 11.6. The molecule has 0 aliphatic carbocycles. The lowest BCUT2D eigenvalue weighted by Crippen LogP contribution is -2.45. The first kappa shape index (κ1) is 13.1. The molecule has 0 radical (unpaired) electrons. The Labute approximate surface area is 123 Å². The zero-order valence-corrected chi connectivity index (χ0v) is 13.2. The number of quaternary nitrogens is 1. The van der Waals surface area contributed by atoms with Crippen LogP contribution in [0.4, 0.5) is 0 Å². The molecule has 0 N–H and O–H groups in total. The van der Waals surface area contributed by atoms with Gasteiger partial charge in [-0.1, -0.05) is 12.1 Å². The van der Waals surface area contributed by atoms with Crippen molar-refractivity contribution in [2.75, 3.05) is 27.2 Å². The maximum atomic E-state index is 2.35. The number of hydrogen-bond acceptors (Lipinski definition) is 2. The van der Waals surface area contributed by atoms with E-state index in [-0.39, 0.29) is 0 Å². The first-order chi connectivity index (χ1) is 9.16. The van der Waals surface area contributed by atoms with Gasteiger partial charge in [-0.2, -0.15) is 0 Å². The molecule has 1 fully saturated rings. The van der Waals surface area contributed by atoms with Crippen LogP contribution in [0.25, 0.3) is 5.57 Å². The Kier molecular flexibility index (Phi) is 3.61. The molecule has 3 heteroatoms. The van der Waals surface area contributed by atoms with Gasteiger partial charge in [-0.15, -0.1) is 22.7 Å². The Balaban J connectivity index is 2.09. The highest BCUT2D eigenvalue weighted by Crippen LogP contribution is 2.36. The third-order valence-corrected chi connectivity index (χ3v) is 5.52. The Hall–Kier alpha value is -0.900. The van der Waals surface area contributed by atoms with Crippen LogP contribution >= 0.6 is 22.7 Å². The van der Waals surface area contributed by atoms with E-state index < -0.39 is 0 Å². The fourth-order valence-corrected chi connectivity index (χ4v) is 4.64. The van der Waals surface area contributed by atoms with Crippen molar-refractivity contribution in [1.82, 2.24) is 0 Å². The number of likely N-dealkylation sites (tertiary alicyclic amines) is 1. The fourth-order valence-electron chi connectivity index (χ4n) is 2.91. The summed E-state index contributed by atoms with van der Waals surface area (Å²) in [7, 11) is 4.69. The summed E-state index contributed by atoms with van der Waals surface area (Å²) < 4.78 is 1.12. The molecule has 0 saturated carbocycles. The average Bonchev–Trinajstić information content (AvgIpc) is 3.01. The highest BCUT2D eigenvalue weighted by molar-refractivity contribution is 7.13. The SMILES string of the molecule is C[N+]1(C)CCCC(=C(c2cccs2)c2cccs2)C1. The molecule has 2 aromatic heterocycles. The summed E-state index contributed by atoms with van der Waals surface area (Å²) in [4.78, 5) is 2.86. The first-order valence-corrected chi connectivity index (χ1v) is 8.53. The molecule has 19 heavy (non-hydrogen) atoms. The van der Waals surface area contributed by atoms with Crippen LogP contribution in [0.2, 0.25) is 0 Å². The minimum Gasteiger partial charge on any atom is -0.325 e. The van der Waals surface area contributed by atoms with Crippen LogP contribution in [0.1, 0.15) is 22.6 Å². The molecule has 0 spiro atoms. The molecule has 100 valence electrons. The van der Waals surface area contributed by atoms with E-state index in [1.165, 1.54) is 41.3 Å². The summed E-state index contributed by atoms with van der Waals surface area (Å²) in [5.41, 5.74) is 3.15. The summed E-state index contributed by atoms with van der Waals surface area (Å²) in [6, 6.07) is 8.86. The zero-order chi connectivity index (χ0) is 13.3. The van der Waals surface area contributed by atoms with Crippen molar-refractivity contribution in [2.24, 2.45) is 0 Å². The van der Waals surface area contributed by atoms with E-state index in [0.717, 1.165) is 4.48 Å². The molecule has 0 unspecified atom stereocenters. The molecule has 0 bridgehead atoms. The summed E-state index contributed by atoms with van der Waals surface area (Å²) >= 11 is 3.73. The molecular weight excluding hydrogens is 270 g/mol.